The molecule has 2 rings (SSSR count). The summed E-state index contributed by atoms with van der Waals surface area (Å²) in [6.07, 6.45) is 7.26. The van der Waals surface area contributed by atoms with Crippen molar-refractivity contribution in [2.24, 2.45) is 0 Å². The molecule has 0 amide bonds. The minimum Gasteiger partial charge on any atom is -0.507 e. The number of allylic oxidation sites excluding steroid dienone is 1. The van der Waals surface area contributed by atoms with Crippen LogP contribution in [-0.2, 0) is 16.0 Å². The summed E-state index contributed by atoms with van der Waals surface area (Å²) < 4.78 is 0. The summed E-state index contributed by atoms with van der Waals surface area (Å²) in [5.74, 6) is -1.46. The Morgan fingerprint density at radius 1 is 0.821 bits per heavy atom. The number of carboxylic acids is 2. The molecule has 0 spiro atoms. The SMILES string of the molecule is O=C(O)CCC/C=C/c1c(CCCCCC(=O)O)c(O)c2ccccc2c1O. The van der Waals surface area contributed by atoms with Gasteiger partial charge in [0.05, 0.1) is 0 Å². The van der Waals surface area contributed by atoms with E-state index < -0.39 is 11.9 Å². The fourth-order valence-corrected chi connectivity index (χ4v) is 3.23. The minimum atomic E-state index is -0.846. The van der Waals surface area contributed by atoms with Gasteiger partial charge in [0.1, 0.15) is 11.5 Å². The molecule has 0 aliphatic carbocycles. The van der Waals surface area contributed by atoms with Gasteiger partial charge in [0.15, 0.2) is 0 Å². The number of aliphatic carboxylic acids is 2. The number of carboxylic acid groups (broad SMARTS) is 2. The first-order valence-electron chi connectivity index (χ1n) is 9.47. The maximum absolute atomic E-state index is 10.8. The van der Waals surface area contributed by atoms with E-state index in [0.29, 0.717) is 60.4 Å². The van der Waals surface area contributed by atoms with Gasteiger partial charge in [-0.3, -0.25) is 9.59 Å². The third-order valence-corrected chi connectivity index (χ3v) is 4.67. The molecule has 0 unspecified atom stereocenters. The Bertz CT molecular complexity index is 869. The van der Waals surface area contributed by atoms with Crippen LogP contribution in [0.2, 0.25) is 0 Å². The van der Waals surface area contributed by atoms with E-state index in [0.717, 1.165) is 0 Å². The van der Waals surface area contributed by atoms with E-state index in [1.165, 1.54) is 0 Å². The molecule has 4 N–H and O–H groups in total. The highest BCUT2D eigenvalue weighted by molar-refractivity contribution is 5.97. The molecule has 150 valence electrons. The second kappa shape index (κ2) is 10.3. The van der Waals surface area contributed by atoms with Gasteiger partial charge < -0.3 is 20.4 Å². The van der Waals surface area contributed by atoms with Crippen LogP contribution in [-0.4, -0.2) is 32.4 Å². The number of fused-ring (bicyclic) bond motifs is 1. The molecule has 28 heavy (non-hydrogen) atoms. The number of hydrogen-bond donors (Lipinski definition) is 4. The van der Waals surface area contributed by atoms with Crippen molar-refractivity contribution in [3.63, 3.8) is 0 Å². The van der Waals surface area contributed by atoms with Crippen molar-refractivity contribution in [3.8, 4) is 11.5 Å². The summed E-state index contributed by atoms with van der Waals surface area (Å²) in [6.45, 7) is 0. The average Bonchev–Trinajstić information content (AvgIpc) is 2.66. The summed E-state index contributed by atoms with van der Waals surface area (Å²) in [5.41, 5.74) is 1.16. The van der Waals surface area contributed by atoms with Crippen molar-refractivity contribution in [1.82, 2.24) is 0 Å². The smallest absolute Gasteiger partial charge is 0.303 e. The first-order valence-corrected chi connectivity index (χ1v) is 9.47. The van der Waals surface area contributed by atoms with E-state index in [9.17, 15) is 19.8 Å². The molecule has 0 fully saturated rings. The number of unbranched alkanes of at least 4 members (excludes halogenated alkanes) is 3. The first-order chi connectivity index (χ1) is 13.4. The Morgan fingerprint density at radius 2 is 1.43 bits per heavy atom. The molecule has 0 heterocycles. The molecule has 0 aliphatic rings. The molecule has 6 nitrogen and oxygen atoms in total. The quantitative estimate of drug-likeness (QED) is 0.328. The zero-order valence-corrected chi connectivity index (χ0v) is 15.7. The second-order valence-electron chi connectivity index (χ2n) is 6.78. The molecule has 0 aromatic heterocycles. The van der Waals surface area contributed by atoms with Gasteiger partial charge in [-0.2, -0.15) is 0 Å². The lowest BCUT2D eigenvalue weighted by Gasteiger charge is -2.15. The topological polar surface area (TPSA) is 115 Å². The van der Waals surface area contributed by atoms with E-state index in [4.69, 9.17) is 10.2 Å². The molecule has 2 aromatic carbocycles. The largest absolute Gasteiger partial charge is 0.507 e. The number of hydrogen-bond acceptors (Lipinski definition) is 4. The van der Waals surface area contributed by atoms with Gasteiger partial charge in [-0.05, 0) is 32.1 Å². The molecule has 0 atom stereocenters. The van der Waals surface area contributed by atoms with Crippen LogP contribution >= 0.6 is 0 Å². The summed E-state index contributed by atoms with van der Waals surface area (Å²) in [5, 5.41) is 40.1. The summed E-state index contributed by atoms with van der Waals surface area (Å²) >= 11 is 0. The van der Waals surface area contributed by atoms with E-state index in [1.807, 2.05) is 0 Å². The maximum Gasteiger partial charge on any atom is 0.303 e. The van der Waals surface area contributed by atoms with E-state index in [-0.39, 0.29) is 24.3 Å². The second-order valence-corrected chi connectivity index (χ2v) is 6.78. The van der Waals surface area contributed by atoms with Crippen LogP contribution < -0.4 is 0 Å². The van der Waals surface area contributed by atoms with Crippen LogP contribution in [0.3, 0.4) is 0 Å². The molecular formula is C22H26O6. The first kappa shape index (κ1) is 21.3. The van der Waals surface area contributed by atoms with Gasteiger partial charge in [0.2, 0.25) is 0 Å². The lowest BCUT2D eigenvalue weighted by molar-refractivity contribution is -0.138. The number of benzene rings is 2. The summed E-state index contributed by atoms with van der Waals surface area (Å²) in [7, 11) is 0. The zero-order valence-electron chi connectivity index (χ0n) is 15.7. The predicted octanol–water partition coefficient (Wildman–Crippen LogP) is 4.71. The van der Waals surface area contributed by atoms with E-state index in [1.54, 1.807) is 36.4 Å². The molecule has 0 radical (unpaired) electrons. The van der Waals surface area contributed by atoms with Crippen LogP contribution in [0.1, 0.15) is 56.1 Å². The number of rotatable bonds is 11. The van der Waals surface area contributed by atoms with Crippen LogP contribution in [0.25, 0.3) is 16.8 Å². The Morgan fingerprint density at radius 3 is 2.07 bits per heavy atom. The highest BCUT2D eigenvalue weighted by Gasteiger charge is 2.16. The molecule has 2 aromatic rings. The fraction of sp³-hybridized carbons (Fsp3) is 0.364. The maximum atomic E-state index is 10.8. The van der Waals surface area contributed by atoms with Crippen molar-refractivity contribution in [3.05, 3.63) is 41.5 Å². The van der Waals surface area contributed by atoms with Gasteiger partial charge in [-0.25, -0.2) is 0 Å². The van der Waals surface area contributed by atoms with E-state index in [2.05, 4.69) is 0 Å². The third kappa shape index (κ3) is 5.74. The van der Waals surface area contributed by atoms with Crippen molar-refractivity contribution in [2.75, 3.05) is 0 Å². The van der Waals surface area contributed by atoms with Gasteiger partial charge >= 0.3 is 11.9 Å². The number of aromatic hydroxyl groups is 2. The summed E-state index contributed by atoms with van der Waals surface area (Å²) in [4.78, 5) is 21.2. The van der Waals surface area contributed by atoms with Crippen LogP contribution in [0.5, 0.6) is 11.5 Å². The monoisotopic (exact) mass is 386 g/mol. The average molecular weight is 386 g/mol. The molecule has 0 saturated carbocycles. The standard InChI is InChI=1S/C22H26O6/c23-19(24)13-5-1-3-9-15-16(10-4-2-6-14-20(25)26)22(28)18-12-8-7-11-17(18)21(15)27/h3,7-9,11-12,27-28H,1-2,4-6,10,13-14H2,(H,23,24)(H,25,26)/b9-3+. The number of phenolic OH excluding ortho intramolecular Hbond substituents is 2. The Balaban J connectivity index is 2.25. The molecular weight excluding hydrogens is 360 g/mol. The van der Waals surface area contributed by atoms with Crippen molar-refractivity contribution < 1.29 is 30.0 Å². The summed E-state index contributed by atoms with van der Waals surface area (Å²) in [6, 6.07) is 7.06. The Labute approximate surface area is 163 Å². The highest BCUT2D eigenvalue weighted by atomic mass is 16.4. The molecule has 0 saturated heterocycles. The van der Waals surface area contributed by atoms with Crippen LogP contribution in [0.15, 0.2) is 30.3 Å². The lowest BCUT2D eigenvalue weighted by Crippen LogP contribution is -1.97. The van der Waals surface area contributed by atoms with E-state index >= 15 is 0 Å². The fourth-order valence-electron chi connectivity index (χ4n) is 3.23. The molecule has 0 bridgehead atoms. The Hall–Kier alpha value is -3.02. The molecule has 0 aliphatic heterocycles. The van der Waals surface area contributed by atoms with Crippen LogP contribution in [0.4, 0.5) is 0 Å². The lowest BCUT2D eigenvalue weighted by atomic mass is 9.93. The van der Waals surface area contributed by atoms with Gasteiger partial charge in [-0.15, -0.1) is 0 Å². The van der Waals surface area contributed by atoms with Gasteiger partial charge in [0, 0.05) is 34.7 Å². The predicted molar refractivity (Wildman–Crippen MR) is 108 cm³/mol. The number of phenols is 2. The van der Waals surface area contributed by atoms with Crippen molar-refractivity contribution in [1.29, 1.82) is 0 Å². The van der Waals surface area contributed by atoms with Gasteiger partial charge in [0.25, 0.3) is 0 Å². The van der Waals surface area contributed by atoms with Crippen LogP contribution in [0, 0.1) is 0 Å². The van der Waals surface area contributed by atoms with Crippen molar-refractivity contribution >= 4 is 28.8 Å². The number of carbonyl (C=O) groups is 2. The molecule has 6 heteroatoms. The highest BCUT2D eigenvalue weighted by Crippen LogP contribution is 2.41. The third-order valence-electron chi connectivity index (χ3n) is 4.67. The normalized spacial score (nSPS) is 11.3. The zero-order chi connectivity index (χ0) is 20.5. The van der Waals surface area contributed by atoms with Crippen molar-refractivity contribution in [2.45, 2.75) is 51.4 Å². The Kier molecular flexibility index (Phi) is 7.87. The van der Waals surface area contributed by atoms with Gasteiger partial charge in [-0.1, -0.05) is 42.8 Å². The minimum absolute atomic E-state index is 0.0791.